The standard InChI is InChI=1S/C10H20N2O/c1-5-6-13-9(2)7-10(3,8-11)12-4/h9,12H,5-7H2,1-4H3. The van der Waals surface area contributed by atoms with Gasteiger partial charge in [0.05, 0.1) is 12.2 Å². The molecule has 0 radical (unpaired) electrons. The molecule has 0 fully saturated rings. The minimum atomic E-state index is -0.465. The fourth-order valence-electron chi connectivity index (χ4n) is 1.16. The molecule has 0 aliphatic rings. The van der Waals surface area contributed by atoms with E-state index in [4.69, 9.17) is 10.00 Å². The Morgan fingerprint density at radius 1 is 1.62 bits per heavy atom. The molecule has 3 heteroatoms. The van der Waals surface area contributed by atoms with Crippen molar-refractivity contribution >= 4 is 0 Å². The first-order valence-electron chi connectivity index (χ1n) is 4.79. The first kappa shape index (κ1) is 12.4. The first-order valence-corrected chi connectivity index (χ1v) is 4.79. The van der Waals surface area contributed by atoms with Crippen LogP contribution in [0.1, 0.15) is 33.6 Å². The fraction of sp³-hybridized carbons (Fsp3) is 0.900. The number of nitrogens with zero attached hydrogens (tertiary/aromatic N) is 1. The van der Waals surface area contributed by atoms with Crippen LogP contribution < -0.4 is 5.32 Å². The van der Waals surface area contributed by atoms with Crippen LogP contribution in [0.5, 0.6) is 0 Å². The van der Waals surface area contributed by atoms with Gasteiger partial charge >= 0.3 is 0 Å². The molecule has 0 aromatic carbocycles. The minimum Gasteiger partial charge on any atom is -0.378 e. The molecule has 0 spiro atoms. The molecule has 0 saturated carbocycles. The SMILES string of the molecule is CCCOC(C)CC(C)(C#N)NC. The maximum absolute atomic E-state index is 8.89. The van der Waals surface area contributed by atoms with Crippen molar-refractivity contribution in [1.82, 2.24) is 5.32 Å². The molecule has 0 aliphatic carbocycles. The van der Waals surface area contributed by atoms with Crippen molar-refractivity contribution in [1.29, 1.82) is 5.26 Å². The second-order valence-electron chi connectivity index (χ2n) is 3.58. The van der Waals surface area contributed by atoms with E-state index < -0.39 is 5.54 Å². The molecule has 0 amide bonds. The average Bonchev–Trinajstić information content (AvgIpc) is 2.14. The Morgan fingerprint density at radius 3 is 2.62 bits per heavy atom. The molecular weight excluding hydrogens is 164 g/mol. The second-order valence-corrected chi connectivity index (χ2v) is 3.58. The number of hydrogen-bond donors (Lipinski definition) is 1. The van der Waals surface area contributed by atoms with E-state index in [1.54, 1.807) is 7.05 Å². The maximum atomic E-state index is 8.89. The number of rotatable bonds is 6. The lowest BCUT2D eigenvalue weighted by Crippen LogP contribution is -2.41. The highest BCUT2D eigenvalue weighted by Gasteiger charge is 2.24. The highest BCUT2D eigenvalue weighted by molar-refractivity contribution is 5.03. The zero-order valence-electron chi connectivity index (χ0n) is 9.05. The molecule has 0 saturated heterocycles. The summed E-state index contributed by atoms with van der Waals surface area (Å²) in [4.78, 5) is 0. The van der Waals surface area contributed by atoms with Crippen LogP contribution >= 0.6 is 0 Å². The van der Waals surface area contributed by atoms with E-state index in [0.717, 1.165) is 19.4 Å². The predicted octanol–water partition coefficient (Wildman–Crippen LogP) is 1.69. The molecule has 0 aliphatic heterocycles. The van der Waals surface area contributed by atoms with E-state index in [2.05, 4.69) is 18.3 Å². The highest BCUT2D eigenvalue weighted by atomic mass is 16.5. The second kappa shape index (κ2) is 5.95. The summed E-state index contributed by atoms with van der Waals surface area (Å²) in [6.07, 6.45) is 1.88. The van der Waals surface area contributed by atoms with Crippen LogP contribution in [0.3, 0.4) is 0 Å². The Morgan fingerprint density at radius 2 is 2.23 bits per heavy atom. The van der Waals surface area contributed by atoms with Crippen molar-refractivity contribution < 1.29 is 4.74 Å². The van der Waals surface area contributed by atoms with Crippen LogP contribution in [0, 0.1) is 11.3 Å². The predicted molar refractivity (Wildman–Crippen MR) is 53.4 cm³/mol. The van der Waals surface area contributed by atoms with Crippen LogP contribution in [0.2, 0.25) is 0 Å². The molecule has 76 valence electrons. The topological polar surface area (TPSA) is 45.0 Å². The van der Waals surface area contributed by atoms with Crippen molar-refractivity contribution in [2.45, 2.75) is 45.3 Å². The normalized spacial score (nSPS) is 17.5. The van der Waals surface area contributed by atoms with Gasteiger partial charge in [0, 0.05) is 13.0 Å². The van der Waals surface area contributed by atoms with Gasteiger partial charge in [-0.05, 0) is 27.3 Å². The van der Waals surface area contributed by atoms with Crippen LogP contribution in [0.25, 0.3) is 0 Å². The average molecular weight is 184 g/mol. The lowest BCUT2D eigenvalue weighted by Gasteiger charge is -2.24. The van der Waals surface area contributed by atoms with Gasteiger partial charge in [0.15, 0.2) is 0 Å². The van der Waals surface area contributed by atoms with E-state index in [9.17, 15) is 0 Å². The zero-order chi connectivity index (χ0) is 10.3. The molecule has 0 bridgehead atoms. The quantitative estimate of drug-likeness (QED) is 0.683. The largest absolute Gasteiger partial charge is 0.378 e. The van der Waals surface area contributed by atoms with Gasteiger partial charge in [-0.15, -0.1) is 0 Å². The Hall–Kier alpha value is -0.590. The summed E-state index contributed by atoms with van der Waals surface area (Å²) < 4.78 is 5.50. The summed E-state index contributed by atoms with van der Waals surface area (Å²) in [5.41, 5.74) is -0.465. The summed E-state index contributed by atoms with van der Waals surface area (Å²) in [6, 6.07) is 2.24. The molecule has 0 aromatic heterocycles. The van der Waals surface area contributed by atoms with Gasteiger partial charge in [-0.1, -0.05) is 6.92 Å². The van der Waals surface area contributed by atoms with Gasteiger partial charge in [-0.25, -0.2) is 0 Å². The van der Waals surface area contributed by atoms with E-state index in [0.29, 0.717) is 0 Å². The van der Waals surface area contributed by atoms with E-state index in [-0.39, 0.29) is 6.10 Å². The maximum Gasteiger partial charge on any atom is 0.106 e. The third-order valence-electron chi connectivity index (χ3n) is 2.10. The summed E-state index contributed by atoms with van der Waals surface area (Å²) in [5.74, 6) is 0. The van der Waals surface area contributed by atoms with Gasteiger partial charge in [0.1, 0.15) is 5.54 Å². The third-order valence-corrected chi connectivity index (χ3v) is 2.10. The van der Waals surface area contributed by atoms with Crippen LogP contribution in [-0.2, 0) is 4.74 Å². The molecule has 0 heterocycles. The highest BCUT2D eigenvalue weighted by Crippen LogP contribution is 2.12. The van der Waals surface area contributed by atoms with E-state index >= 15 is 0 Å². The molecule has 1 N–H and O–H groups in total. The molecule has 0 aromatic rings. The first-order chi connectivity index (χ1) is 6.08. The molecule has 13 heavy (non-hydrogen) atoms. The van der Waals surface area contributed by atoms with E-state index in [1.807, 2.05) is 13.8 Å². The summed E-state index contributed by atoms with van der Waals surface area (Å²) in [7, 11) is 1.80. The van der Waals surface area contributed by atoms with Crippen molar-refractivity contribution in [3.8, 4) is 6.07 Å². The lowest BCUT2D eigenvalue weighted by atomic mass is 9.97. The molecule has 2 unspecified atom stereocenters. The van der Waals surface area contributed by atoms with Gasteiger partial charge in [-0.2, -0.15) is 5.26 Å². The van der Waals surface area contributed by atoms with Crippen molar-refractivity contribution in [2.75, 3.05) is 13.7 Å². The van der Waals surface area contributed by atoms with Gasteiger partial charge in [0.2, 0.25) is 0 Å². The summed E-state index contributed by atoms with van der Waals surface area (Å²) in [5, 5.41) is 11.9. The minimum absolute atomic E-state index is 0.136. The Bertz CT molecular complexity index is 176. The molecule has 3 nitrogen and oxygen atoms in total. The van der Waals surface area contributed by atoms with Gasteiger partial charge < -0.3 is 10.1 Å². The van der Waals surface area contributed by atoms with Crippen LogP contribution in [0.4, 0.5) is 0 Å². The van der Waals surface area contributed by atoms with Crippen LogP contribution in [-0.4, -0.2) is 25.3 Å². The Balaban J connectivity index is 3.89. The summed E-state index contributed by atoms with van der Waals surface area (Å²) in [6.45, 7) is 6.74. The monoisotopic (exact) mass is 184 g/mol. The number of nitrogens with one attached hydrogen (secondary N) is 1. The molecular formula is C10H20N2O. The van der Waals surface area contributed by atoms with Crippen molar-refractivity contribution in [3.05, 3.63) is 0 Å². The van der Waals surface area contributed by atoms with Gasteiger partial charge in [-0.3, -0.25) is 0 Å². The Kier molecular flexibility index (Phi) is 5.68. The number of ether oxygens (including phenoxy) is 1. The van der Waals surface area contributed by atoms with Gasteiger partial charge in [0.25, 0.3) is 0 Å². The fourth-order valence-corrected chi connectivity index (χ4v) is 1.16. The van der Waals surface area contributed by atoms with Crippen molar-refractivity contribution in [3.63, 3.8) is 0 Å². The molecule has 2 atom stereocenters. The smallest absolute Gasteiger partial charge is 0.106 e. The Labute approximate surface area is 81.1 Å². The summed E-state index contributed by atoms with van der Waals surface area (Å²) >= 11 is 0. The van der Waals surface area contributed by atoms with Crippen LogP contribution in [0.15, 0.2) is 0 Å². The van der Waals surface area contributed by atoms with E-state index in [1.165, 1.54) is 0 Å². The van der Waals surface area contributed by atoms with Crippen molar-refractivity contribution in [2.24, 2.45) is 0 Å². The third kappa shape index (κ3) is 4.87. The molecule has 0 rings (SSSR count). The lowest BCUT2D eigenvalue weighted by molar-refractivity contribution is 0.0489. The number of hydrogen-bond acceptors (Lipinski definition) is 3. The number of nitriles is 1. The zero-order valence-corrected chi connectivity index (χ0v) is 9.05.